The van der Waals surface area contributed by atoms with Crippen LogP contribution in [0.2, 0.25) is 0 Å². The maximum atomic E-state index is 11.6. The van der Waals surface area contributed by atoms with Gasteiger partial charge < -0.3 is 16.0 Å². The Balaban J connectivity index is 2.64. The smallest absolute Gasteiger partial charge is 0.246 e. The van der Waals surface area contributed by atoms with Crippen LogP contribution in [0.25, 0.3) is 0 Å². The van der Waals surface area contributed by atoms with Crippen LogP contribution in [0.4, 0.5) is 0 Å². The largest absolute Gasteiger partial charge is 0.352 e. The number of carbonyl (C=O) groups excluding carboxylic acids is 3. The van der Waals surface area contributed by atoms with Crippen LogP contribution in [0, 0.1) is 0 Å². The minimum atomic E-state index is -0.644. The first-order valence-electron chi connectivity index (χ1n) is 6.05. The molecule has 0 fully saturated rings. The summed E-state index contributed by atoms with van der Waals surface area (Å²) in [4.78, 5) is 34.5. The molecule has 0 bridgehead atoms. The van der Waals surface area contributed by atoms with Crippen molar-refractivity contribution in [3.8, 4) is 0 Å². The van der Waals surface area contributed by atoms with Gasteiger partial charge in [-0.3, -0.25) is 14.4 Å². The first kappa shape index (κ1) is 16.6. The van der Waals surface area contributed by atoms with Crippen molar-refractivity contribution in [2.45, 2.75) is 19.5 Å². The van der Waals surface area contributed by atoms with Crippen LogP contribution in [-0.2, 0) is 14.4 Å². The summed E-state index contributed by atoms with van der Waals surface area (Å²) in [6.45, 7) is 1.87. The van der Waals surface area contributed by atoms with Crippen LogP contribution in [0.3, 0.4) is 0 Å². The van der Waals surface area contributed by atoms with Crippen LogP contribution in [0.1, 0.15) is 13.3 Å². The Kier molecular flexibility index (Phi) is 7.89. The standard InChI is InChI=1S/C12H17N3O3S2/c1-2-10(16)13-7-9-14-11(17)3-5-19-8-20-6-4-12(18)15-9/h3-6,9H,2,7-8H2,1H3,(H,13,16)(H,14,17)(H,15,18)/b5-3+,6-4+. The zero-order valence-corrected chi connectivity index (χ0v) is 12.7. The van der Waals surface area contributed by atoms with Crippen molar-refractivity contribution < 1.29 is 14.4 Å². The van der Waals surface area contributed by atoms with E-state index in [1.165, 1.54) is 35.7 Å². The Hall–Kier alpha value is -1.41. The Morgan fingerprint density at radius 1 is 1.25 bits per heavy atom. The molecule has 0 saturated heterocycles. The molecule has 20 heavy (non-hydrogen) atoms. The van der Waals surface area contributed by atoms with Crippen molar-refractivity contribution in [2.24, 2.45) is 0 Å². The molecule has 1 aliphatic heterocycles. The van der Waals surface area contributed by atoms with E-state index in [4.69, 9.17) is 0 Å². The summed E-state index contributed by atoms with van der Waals surface area (Å²) in [6, 6.07) is 0. The molecule has 3 N–H and O–H groups in total. The highest BCUT2D eigenvalue weighted by Crippen LogP contribution is 2.14. The van der Waals surface area contributed by atoms with Gasteiger partial charge in [-0.1, -0.05) is 6.92 Å². The van der Waals surface area contributed by atoms with Crippen LogP contribution < -0.4 is 16.0 Å². The Morgan fingerprint density at radius 2 is 1.80 bits per heavy atom. The van der Waals surface area contributed by atoms with E-state index in [1.807, 2.05) is 0 Å². The third kappa shape index (κ3) is 7.25. The monoisotopic (exact) mass is 315 g/mol. The number of nitrogens with one attached hydrogen (secondary N) is 3. The quantitative estimate of drug-likeness (QED) is 0.707. The molecule has 0 aromatic rings. The van der Waals surface area contributed by atoms with Gasteiger partial charge in [0.2, 0.25) is 17.7 Å². The van der Waals surface area contributed by atoms with E-state index < -0.39 is 6.17 Å². The maximum absolute atomic E-state index is 11.6. The van der Waals surface area contributed by atoms with Gasteiger partial charge in [-0.15, -0.1) is 23.5 Å². The van der Waals surface area contributed by atoms with E-state index in [9.17, 15) is 14.4 Å². The van der Waals surface area contributed by atoms with Gasteiger partial charge in [-0.05, 0) is 10.8 Å². The topological polar surface area (TPSA) is 87.3 Å². The molecular formula is C12H17N3O3S2. The summed E-state index contributed by atoms with van der Waals surface area (Å²) < 4.78 is 0. The summed E-state index contributed by atoms with van der Waals surface area (Å²) in [6.07, 6.45) is 2.50. The third-order valence-electron chi connectivity index (χ3n) is 2.22. The second-order valence-corrected chi connectivity index (χ2v) is 5.94. The number of rotatable bonds is 3. The van der Waals surface area contributed by atoms with E-state index in [0.717, 1.165) is 5.08 Å². The molecule has 0 spiro atoms. The summed E-state index contributed by atoms with van der Waals surface area (Å²) >= 11 is 2.93. The van der Waals surface area contributed by atoms with Gasteiger partial charge in [0.15, 0.2) is 0 Å². The summed E-state index contributed by atoms with van der Waals surface area (Å²) in [5, 5.41) is 12.0. The second-order valence-electron chi connectivity index (χ2n) is 3.78. The highest BCUT2D eigenvalue weighted by Gasteiger charge is 2.13. The molecule has 0 aromatic carbocycles. The lowest BCUT2D eigenvalue weighted by molar-refractivity contribution is -0.123. The van der Waals surface area contributed by atoms with Crippen LogP contribution in [0.5, 0.6) is 0 Å². The highest BCUT2D eigenvalue weighted by atomic mass is 32.2. The zero-order chi connectivity index (χ0) is 14.8. The lowest BCUT2D eigenvalue weighted by atomic mass is 10.4. The minimum Gasteiger partial charge on any atom is -0.352 e. The van der Waals surface area contributed by atoms with Crippen molar-refractivity contribution in [2.75, 3.05) is 11.6 Å². The van der Waals surface area contributed by atoms with Gasteiger partial charge in [0, 0.05) is 23.7 Å². The molecule has 3 amide bonds. The number of carbonyl (C=O) groups is 3. The first-order chi connectivity index (χ1) is 9.61. The Labute approximate surface area is 126 Å². The first-order valence-corrected chi connectivity index (χ1v) is 8.15. The molecule has 6 nitrogen and oxygen atoms in total. The van der Waals surface area contributed by atoms with Gasteiger partial charge in [-0.25, -0.2) is 0 Å². The SMILES string of the molecule is CCC(=O)NCC1NC(=O)/C=C/SCS/C=C/C(=O)N1. The molecule has 0 aromatic heterocycles. The molecule has 0 atom stereocenters. The van der Waals surface area contributed by atoms with E-state index >= 15 is 0 Å². The van der Waals surface area contributed by atoms with Crippen molar-refractivity contribution >= 4 is 41.2 Å². The molecule has 1 aliphatic rings. The highest BCUT2D eigenvalue weighted by molar-refractivity contribution is 8.18. The Bertz CT molecular complexity index is 396. The number of hydrogen-bond donors (Lipinski definition) is 3. The normalized spacial score (nSPS) is 20.9. The lowest BCUT2D eigenvalue weighted by Crippen LogP contribution is -2.53. The fraction of sp³-hybridized carbons (Fsp3) is 0.417. The number of hydrogen-bond acceptors (Lipinski definition) is 5. The van der Waals surface area contributed by atoms with E-state index in [0.29, 0.717) is 6.42 Å². The molecular weight excluding hydrogens is 298 g/mol. The van der Waals surface area contributed by atoms with Crippen molar-refractivity contribution in [3.63, 3.8) is 0 Å². The van der Waals surface area contributed by atoms with Crippen LogP contribution in [-0.4, -0.2) is 35.5 Å². The average molecular weight is 315 g/mol. The minimum absolute atomic E-state index is 0.142. The molecule has 0 aliphatic carbocycles. The molecule has 8 heteroatoms. The van der Waals surface area contributed by atoms with Crippen molar-refractivity contribution in [1.29, 1.82) is 0 Å². The van der Waals surface area contributed by atoms with Crippen LogP contribution in [0.15, 0.2) is 23.0 Å². The van der Waals surface area contributed by atoms with Gasteiger partial charge >= 0.3 is 0 Å². The van der Waals surface area contributed by atoms with Gasteiger partial charge in [-0.2, -0.15) is 0 Å². The maximum Gasteiger partial charge on any atom is 0.246 e. The van der Waals surface area contributed by atoms with Crippen molar-refractivity contribution in [3.05, 3.63) is 23.0 Å². The summed E-state index contributed by atoms with van der Waals surface area (Å²) in [7, 11) is 0. The van der Waals surface area contributed by atoms with Gasteiger partial charge in [0.05, 0.1) is 6.54 Å². The zero-order valence-electron chi connectivity index (χ0n) is 11.0. The lowest BCUT2D eigenvalue weighted by Gasteiger charge is -2.19. The predicted octanol–water partition coefficient (Wildman–Crippen LogP) is 0.536. The summed E-state index contributed by atoms with van der Waals surface area (Å²) in [5.41, 5.74) is 0. The Morgan fingerprint density at radius 3 is 2.30 bits per heavy atom. The fourth-order valence-electron chi connectivity index (χ4n) is 1.26. The van der Waals surface area contributed by atoms with E-state index in [-0.39, 0.29) is 24.3 Å². The molecule has 0 saturated carbocycles. The van der Waals surface area contributed by atoms with Crippen molar-refractivity contribution in [1.82, 2.24) is 16.0 Å². The molecule has 1 rings (SSSR count). The average Bonchev–Trinajstić information content (AvgIpc) is 2.41. The number of amides is 3. The molecule has 0 unspecified atom stereocenters. The fourth-order valence-corrected chi connectivity index (χ4v) is 2.64. The van der Waals surface area contributed by atoms with Crippen LogP contribution >= 0.6 is 23.5 Å². The van der Waals surface area contributed by atoms with E-state index in [1.54, 1.807) is 17.7 Å². The predicted molar refractivity (Wildman–Crippen MR) is 81.7 cm³/mol. The second kappa shape index (κ2) is 9.49. The molecule has 1 heterocycles. The van der Waals surface area contributed by atoms with E-state index in [2.05, 4.69) is 16.0 Å². The molecule has 0 radical (unpaired) electrons. The molecule has 110 valence electrons. The third-order valence-corrected chi connectivity index (χ3v) is 3.97. The summed E-state index contributed by atoms with van der Waals surface area (Å²) in [5.74, 6) is -0.775. The van der Waals surface area contributed by atoms with Gasteiger partial charge in [0.25, 0.3) is 0 Å². The van der Waals surface area contributed by atoms with Gasteiger partial charge in [0.1, 0.15) is 6.17 Å². The number of thioether (sulfide) groups is 2.